The Bertz CT molecular complexity index is 3660. The first-order valence-corrected chi connectivity index (χ1v) is 31.3. The summed E-state index contributed by atoms with van der Waals surface area (Å²) in [4.78, 5) is 89.0. The number of likely N-dealkylation sites (tertiary alicyclic amines) is 1. The van der Waals surface area contributed by atoms with Crippen molar-refractivity contribution in [1.29, 1.82) is 0 Å². The number of hydrogen-bond acceptors (Lipinski definition) is 18. The Balaban J connectivity index is 0.633. The van der Waals surface area contributed by atoms with Crippen LogP contribution in [-0.2, 0) is 38.6 Å². The van der Waals surface area contributed by atoms with Gasteiger partial charge in [-0.05, 0) is 92.8 Å². The summed E-state index contributed by atoms with van der Waals surface area (Å²) >= 11 is 4.40. The quantitative estimate of drug-likeness (QED) is 0.0355. The van der Waals surface area contributed by atoms with Gasteiger partial charge in [0, 0.05) is 86.6 Å². The van der Waals surface area contributed by atoms with Gasteiger partial charge in [-0.15, -0.1) is 32.9 Å². The van der Waals surface area contributed by atoms with E-state index in [-0.39, 0.29) is 74.5 Å². The fourth-order valence-electron chi connectivity index (χ4n) is 10.8. The number of nitrogens with zero attached hydrogens (tertiary/aromatic N) is 9. The molecule has 450 valence electrons. The molecule has 0 bridgehead atoms. The molecule has 4 aromatic heterocycles. The lowest BCUT2D eigenvalue weighted by Crippen LogP contribution is -2.57. The Labute approximate surface area is 510 Å². The first-order chi connectivity index (χ1) is 41.4. The van der Waals surface area contributed by atoms with E-state index in [0.717, 1.165) is 61.0 Å². The second-order valence-corrected chi connectivity index (χ2v) is 25.7. The number of aromatic carboxylic acids is 1. The number of anilines is 4. The number of halogens is 1. The third-order valence-electron chi connectivity index (χ3n) is 15.5. The number of para-hydroxylation sites is 1. The van der Waals surface area contributed by atoms with Crippen LogP contribution in [0.2, 0.25) is 0 Å². The number of aliphatic hydroxyl groups is 1. The highest BCUT2D eigenvalue weighted by Gasteiger charge is 2.44. The van der Waals surface area contributed by atoms with Gasteiger partial charge in [0.2, 0.25) is 23.6 Å². The van der Waals surface area contributed by atoms with Crippen molar-refractivity contribution in [2.75, 3.05) is 62.6 Å². The first kappa shape index (κ1) is 61.1. The van der Waals surface area contributed by atoms with Crippen molar-refractivity contribution in [3.8, 4) is 28.0 Å². The third-order valence-corrected chi connectivity index (χ3v) is 18.6. The van der Waals surface area contributed by atoms with Gasteiger partial charge in [0.1, 0.15) is 12.1 Å². The highest BCUT2D eigenvalue weighted by Crippen LogP contribution is 2.40. The number of nitrogens with one attached hydrogen (secondary N) is 3. The van der Waals surface area contributed by atoms with Crippen molar-refractivity contribution < 1.29 is 43.3 Å². The Hall–Kier alpha value is -7.95. The van der Waals surface area contributed by atoms with Crippen LogP contribution in [-0.4, -0.2) is 150 Å². The van der Waals surface area contributed by atoms with Gasteiger partial charge >= 0.3 is 5.97 Å². The number of β-amino-alcohol motifs (C(OH)–C–C–N with tert-alkyl or cyclic N) is 1. The third kappa shape index (κ3) is 14.6. The number of amides is 4. The zero-order valence-electron chi connectivity index (χ0n) is 48.7. The predicted molar refractivity (Wildman–Crippen MR) is 330 cm³/mol. The number of thiazole rings is 3. The SMILES string of the molecule is Cc1ncsc1-c1ccc(CNC(=O)[C@H]2C[C@@H](O)CN2C(=O)[C@H](NC(=O)CCCC(=O)N2CCN(CC#Cc3ccc(OCCCc4sc(N5CCCc6c5nnc(Nc5nc7ccccc7s5)c6C)nc4C(=O)O)c(F)c3)CC2)C(C)(C)C)cc1. The van der Waals surface area contributed by atoms with E-state index in [1.165, 1.54) is 39.7 Å². The maximum Gasteiger partial charge on any atom is 0.355 e. The largest absolute Gasteiger partial charge is 0.491 e. The van der Waals surface area contributed by atoms with Crippen molar-refractivity contribution in [3.05, 3.63) is 117 Å². The Morgan fingerprint density at radius 1 is 0.930 bits per heavy atom. The molecule has 3 aliphatic heterocycles. The van der Waals surface area contributed by atoms with Crippen molar-refractivity contribution >= 4 is 95.7 Å². The number of piperazine rings is 1. The van der Waals surface area contributed by atoms with Gasteiger partial charge in [0.05, 0.1) is 45.6 Å². The molecule has 10 rings (SSSR count). The maximum absolute atomic E-state index is 15.3. The van der Waals surface area contributed by atoms with Crippen LogP contribution in [0.5, 0.6) is 5.75 Å². The smallest absolute Gasteiger partial charge is 0.355 e. The first-order valence-electron chi connectivity index (χ1n) is 28.8. The molecule has 3 atom stereocenters. The molecule has 20 nitrogen and oxygen atoms in total. The monoisotopic (exact) mass is 1220 g/mol. The van der Waals surface area contributed by atoms with Crippen LogP contribution in [0.4, 0.5) is 26.3 Å². The summed E-state index contributed by atoms with van der Waals surface area (Å²) in [5.74, 6) is 4.47. The zero-order valence-corrected chi connectivity index (χ0v) is 51.1. The van der Waals surface area contributed by atoms with E-state index in [4.69, 9.17) is 4.74 Å². The van der Waals surface area contributed by atoms with Crippen LogP contribution in [0.3, 0.4) is 0 Å². The number of fused-ring (bicyclic) bond motifs is 2. The number of rotatable bonds is 20. The Morgan fingerprint density at radius 3 is 2.45 bits per heavy atom. The molecule has 4 amide bonds. The molecule has 7 heterocycles. The highest BCUT2D eigenvalue weighted by atomic mass is 32.1. The lowest BCUT2D eigenvalue weighted by Gasteiger charge is -2.35. The minimum Gasteiger partial charge on any atom is -0.491 e. The number of aliphatic hydroxyl groups excluding tert-OH is 1. The van der Waals surface area contributed by atoms with Crippen LogP contribution < -0.4 is 25.6 Å². The molecule has 24 heteroatoms. The van der Waals surface area contributed by atoms with E-state index in [9.17, 15) is 34.2 Å². The molecular formula is C62H69FN12O8S3. The van der Waals surface area contributed by atoms with E-state index in [0.29, 0.717) is 79.3 Å². The van der Waals surface area contributed by atoms with Crippen molar-refractivity contribution in [2.24, 2.45) is 5.41 Å². The number of carboxylic acid groups (broad SMARTS) is 1. The molecule has 2 saturated heterocycles. The summed E-state index contributed by atoms with van der Waals surface area (Å²) in [7, 11) is 0. The van der Waals surface area contributed by atoms with E-state index in [2.05, 4.69) is 57.8 Å². The Kier molecular flexibility index (Phi) is 19.3. The molecule has 7 aromatic rings. The lowest BCUT2D eigenvalue weighted by atomic mass is 9.85. The topological polar surface area (TPSA) is 249 Å². The molecule has 2 fully saturated rings. The van der Waals surface area contributed by atoms with E-state index < -0.39 is 41.3 Å². The molecule has 3 aromatic carbocycles. The maximum atomic E-state index is 15.3. The zero-order chi connectivity index (χ0) is 60.6. The summed E-state index contributed by atoms with van der Waals surface area (Å²) in [6.07, 6.45) is 2.01. The van der Waals surface area contributed by atoms with Crippen molar-refractivity contribution in [1.82, 2.24) is 50.5 Å². The van der Waals surface area contributed by atoms with Gasteiger partial charge in [-0.3, -0.25) is 24.1 Å². The number of carboxylic acids is 1. The van der Waals surface area contributed by atoms with Gasteiger partial charge < -0.3 is 45.6 Å². The van der Waals surface area contributed by atoms with Crippen LogP contribution in [0.25, 0.3) is 20.7 Å². The summed E-state index contributed by atoms with van der Waals surface area (Å²) in [6, 6.07) is 18.4. The number of ether oxygens (including phenoxy) is 1. The van der Waals surface area contributed by atoms with Crippen LogP contribution in [0.15, 0.2) is 72.2 Å². The lowest BCUT2D eigenvalue weighted by molar-refractivity contribution is -0.144. The molecule has 5 N–H and O–H groups in total. The number of benzene rings is 3. The fraction of sp³-hybridized carbons (Fsp3) is 0.419. The summed E-state index contributed by atoms with van der Waals surface area (Å²) in [5, 5.41) is 40.3. The standard InChI is InChI=1S/C62H69FN12O8S3/c1-37-43-13-10-26-74(56(43)71-70-55(37)69-60-66-45-14-6-7-15-48(45)85-60)61-68-52(59(81)82)49(86-61)16-11-31-83-47-24-21-39(32-44(47)63)12-9-25-72-27-29-73(30-28-72)51(78)18-8-17-50(77)67-54(62(3,4)5)58(80)75-35-42(76)33-46(75)57(79)64-34-40-19-22-41(23-20-40)53-38(2)65-36-84-53/h6-7,14-15,19-24,32,36,42,46,54,76H,8,10-11,13,16-18,25-31,33-35H2,1-5H3,(H,64,79)(H,67,77)(H,81,82)(H,66,69,70)/t42-,46-,54+/m1/s1. The van der Waals surface area contributed by atoms with Crippen LogP contribution >= 0.6 is 34.0 Å². The molecular weight excluding hydrogens is 1160 g/mol. The second-order valence-electron chi connectivity index (χ2n) is 22.8. The van der Waals surface area contributed by atoms with Crippen molar-refractivity contribution in [2.45, 2.75) is 111 Å². The predicted octanol–water partition coefficient (Wildman–Crippen LogP) is 8.44. The molecule has 0 unspecified atom stereocenters. The van der Waals surface area contributed by atoms with E-state index >= 15 is 4.39 Å². The van der Waals surface area contributed by atoms with Gasteiger partial charge in [-0.1, -0.05) is 80.3 Å². The Morgan fingerprint density at radius 2 is 1.72 bits per heavy atom. The molecule has 0 radical (unpaired) electrons. The minimum atomic E-state index is -1.13. The van der Waals surface area contributed by atoms with Gasteiger partial charge in [0.15, 0.2) is 39.2 Å². The number of hydrogen-bond donors (Lipinski definition) is 5. The number of aryl methyl sites for hydroxylation is 2. The van der Waals surface area contributed by atoms with Crippen molar-refractivity contribution in [3.63, 3.8) is 0 Å². The minimum absolute atomic E-state index is 0.0210. The van der Waals surface area contributed by atoms with Gasteiger partial charge in [-0.2, -0.15) is 0 Å². The second kappa shape index (κ2) is 27.2. The molecule has 3 aliphatic rings. The fourth-order valence-corrected chi connectivity index (χ4v) is 13.6. The van der Waals surface area contributed by atoms with Gasteiger partial charge in [-0.25, -0.2) is 24.1 Å². The highest BCUT2D eigenvalue weighted by molar-refractivity contribution is 7.22. The number of carbonyl (C=O) groups excluding carboxylic acids is 4. The summed E-state index contributed by atoms with van der Waals surface area (Å²) in [6.45, 7) is 13.0. The van der Waals surface area contributed by atoms with Crippen LogP contribution in [0.1, 0.15) is 103 Å². The molecule has 0 aliphatic carbocycles. The number of carbonyl (C=O) groups is 5. The number of aromatic nitrogens is 5. The average Bonchev–Trinajstić information content (AvgIpc) is 1.66. The van der Waals surface area contributed by atoms with Crippen LogP contribution in [0, 0.1) is 36.9 Å². The van der Waals surface area contributed by atoms with E-state index in [1.54, 1.807) is 27.8 Å². The molecule has 0 spiro atoms. The van der Waals surface area contributed by atoms with Gasteiger partial charge in [0.25, 0.3) is 0 Å². The molecule has 0 saturated carbocycles. The molecule has 86 heavy (non-hydrogen) atoms. The summed E-state index contributed by atoms with van der Waals surface area (Å²) in [5.41, 5.74) is 7.25. The normalized spacial score (nSPS) is 16.5. The van der Waals surface area contributed by atoms with E-state index in [1.807, 2.05) is 88.0 Å². The summed E-state index contributed by atoms with van der Waals surface area (Å²) < 4.78 is 22.2. The average molecular weight is 1230 g/mol.